The molecule has 2 nitrogen and oxygen atoms in total. The van der Waals surface area contributed by atoms with Crippen LogP contribution in [0.2, 0.25) is 0 Å². The lowest BCUT2D eigenvalue weighted by atomic mass is 10.4. The Morgan fingerprint density at radius 1 is 1.75 bits per heavy atom. The predicted octanol–water partition coefficient (Wildman–Crippen LogP) is 2.23. The highest BCUT2D eigenvalue weighted by molar-refractivity contribution is 7.10. The van der Waals surface area contributed by atoms with E-state index in [1.165, 1.54) is 11.3 Å². The lowest BCUT2D eigenvalue weighted by Gasteiger charge is -1.92. The minimum absolute atomic E-state index is 0.693. The van der Waals surface area contributed by atoms with E-state index in [1.807, 2.05) is 0 Å². The molecule has 1 aromatic rings. The molecule has 4 heteroatoms. The fraction of sp³-hybridized carbons (Fsp3) is 0.125. The van der Waals surface area contributed by atoms with Gasteiger partial charge in [-0.05, 0) is 17.5 Å². The molecule has 0 aliphatic heterocycles. The van der Waals surface area contributed by atoms with E-state index in [1.54, 1.807) is 17.5 Å². The van der Waals surface area contributed by atoms with Crippen molar-refractivity contribution >= 4 is 23.4 Å². The van der Waals surface area contributed by atoms with Crippen molar-refractivity contribution in [3.8, 4) is 0 Å². The number of ether oxygens (including phenoxy) is 1. The molecule has 0 aliphatic carbocycles. The number of hydrogen-bond donors (Lipinski definition) is 0. The highest BCUT2D eigenvalue weighted by atomic mass is 32.1. The molecular weight excluding hydrogens is 179 g/mol. The van der Waals surface area contributed by atoms with Crippen LogP contribution in [0.25, 0.3) is 6.08 Å². The van der Waals surface area contributed by atoms with Crippen molar-refractivity contribution in [1.82, 2.24) is 0 Å². The summed E-state index contributed by atoms with van der Waals surface area (Å²) >= 11 is 1.35. The molecule has 0 saturated heterocycles. The molecule has 0 amide bonds. The quantitative estimate of drug-likeness (QED) is 0.523. The second kappa shape index (κ2) is 4.01. The maximum atomic E-state index is 12.8. The summed E-state index contributed by atoms with van der Waals surface area (Å²) in [5.41, 5.74) is 0. The van der Waals surface area contributed by atoms with E-state index < -0.39 is 11.8 Å². The molecule has 0 unspecified atom stereocenters. The lowest BCUT2D eigenvalue weighted by Crippen LogP contribution is -1.99. The molecule has 64 valence electrons. The minimum atomic E-state index is -0.941. The van der Waals surface area contributed by atoms with Crippen molar-refractivity contribution in [3.05, 3.63) is 28.2 Å². The van der Waals surface area contributed by atoms with E-state index in [-0.39, 0.29) is 0 Å². The summed E-state index contributed by atoms with van der Waals surface area (Å²) in [5, 5.41) is 1.80. The van der Waals surface area contributed by atoms with Gasteiger partial charge in [-0.25, -0.2) is 4.79 Å². The average molecular weight is 186 g/mol. The molecule has 0 saturated carbocycles. The summed E-state index contributed by atoms with van der Waals surface area (Å²) in [4.78, 5) is 11.3. The van der Waals surface area contributed by atoms with E-state index in [0.717, 1.165) is 13.2 Å². The Morgan fingerprint density at radius 2 is 2.50 bits per heavy atom. The number of rotatable bonds is 2. The molecule has 0 spiro atoms. The van der Waals surface area contributed by atoms with Crippen LogP contribution in [0.5, 0.6) is 0 Å². The van der Waals surface area contributed by atoms with Crippen LogP contribution in [0.1, 0.15) is 4.88 Å². The fourth-order valence-electron chi connectivity index (χ4n) is 0.655. The van der Waals surface area contributed by atoms with Crippen molar-refractivity contribution in [3.63, 3.8) is 0 Å². The second-order valence-electron chi connectivity index (χ2n) is 2.00. The molecule has 1 heterocycles. The summed E-state index contributed by atoms with van der Waals surface area (Å²) in [6.07, 6.45) is 1.15. The highest BCUT2D eigenvalue weighted by Gasteiger charge is 2.07. The number of methoxy groups -OCH3 is 1. The number of carbonyl (C=O) groups excluding carboxylic acids is 1. The molecule has 1 rings (SSSR count). The first kappa shape index (κ1) is 8.93. The van der Waals surface area contributed by atoms with Crippen LogP contribution in [0.15, 0.2) is 23.3 Å². The van der Waals surface area contributed by atoms with Gasteiger partial charge in [0.2, 0.25) is 5.83 Å². The number of hydrogen-bond acceptors (Lipinski definition) is 3. The summed E-state index contributed by atoms with van der Waals surface area (Å²) in [6, 6.07) is 3.49. The minimum Gasteiger partial charge on any atom is -0.464 e. The first-order chi connectivity index (χ1) is 5.74. The van der Waals surface area contributed by atoms with E-state index in [0.29, 0.717) is 4.88 Å². The maximum Gasteiger partial charge on any atom is 0.366 e. The zero-order chi connectivity index (χ0) is 8.97. The Bertz CT molecular complexity index is 290. The molecule has 0 bridgehead atoms. The van der Waals surface area contributed by atoms with Gasteiger partial charge in [-0.3, -0.25) is 0 Å². The van der Waals surface area contributed by atoms with Gasteiger partial charge in [-0.2, -0.15) is 4.39 Å². The Kier molecular flexibility index (Phi) is 2.99. The SMILES string of the molecule is COC(=O)/C(F)=C/c1cccs1. The summed E-state index contributed by atoms with van der Waals surface area (Å²) < 4.78 is 16.9. The van der Waals surface area contributed by atoms with Crippen molar-refractivity contribution in [2.24, 2.45) is 0 Å². The summed E-state index contributed by atoms with van der Waals surface area (Å²) in [6.45, 7) is 0. The molecule has 0 N–H and O–H groups in total. The monoisotopic (exact) mass is 186 g/mol. The third kappa shape index (κ3) is 2.17. The molecule has 0 fully saturated rings. The smallest absolute Gasteiger partial charge is 0.366 e. The molecule has 12 heavy (non-hydrogen) atoms. The highest BCUT2D eigenvalue weighted by Crippen LogP contribution is 2.14. The standard InChI is InChI=1S/C8H7FO2S/c1-11-8(10)7(9)5-6-3-2-4-12-6/h2-5H,1H3/b7-5-. The molecular formula is C8H7FO2S. The van der Waals surface area contributed by atoms with Gasteiger partial charge in [0.15, 0.2) is 0 Å². The van der Waals surface area contributed by atoms with Crippen LogP contribution in [-0.4, -0.2) is 13.1 Å². The number of halogens is 1. The average Bonchev–Trinajstić information content (AvgIpc) is 2.55. The third-order valence-electron chi connectivity index (χ3n) is 1.19. The van der Waals surface area contributed by atoms with E-state index >= 15 is 0 Å². The van der Waals surface area contributed by atoms with Crippen LogP contribution in [0.3, 0.4) is 0 Å². The van der Waals surface area contributed by atoms with Crippen molar-refractivity contribution in [2.45, 2.75) is 0 Å². The second-order valence-corrected chi connectivity index (χ2v) is 2.98. The summed E-state index contributed by atoms with van der Waals surface area (Å²) in [5.74, 6) is -1.82. The van der Waals surface area contributed by atoms with Gasteiger partial charge < -0.3 is 4.74 Å². The topological polar surface area (TPSA) is 26.3 Å². The largest absolute Gasteiger partial charge is 0.464 e. The van der Waals surface area contributed by atoms with Gasteiger partial charge in [0.05, 0.1) is 7.11 Å². The van der Waals surface area contributed by atoms with Crippen LogP contribution in [0, 0.1) is 0 Å². The molecule has 0 radical (unpaired) electrons. The van der Waals surface area contributed by atoms with Crippen LogP contribution in [0.4, 0.5) is 4.39 Å². The number of esters is 1. The van der Waals surface area contributed by atoms with Crippen LogP contribution in [-0.2, 0) is 9.53 Å². The Labute approximate surface area is 73.3 Å². The van der Waals surface area contributed by atoms with Gasteiger partial charge in [0, 0.05) is 4.88 Å². The van der Waals surface area contributed by atoms with E-state index in [9.17, 15) is 9.18 Å². The number of carbonyl (C=O) groups is 1. The first-order valence-electron chi connectivity index (χ1n) is 3.23. The Balaban J connectivity index is 2.76. The van der Waals surface area contributed by atoms with Gasteiger partial charge in [-0.15, -0.1) is 11.3 Å². The van der Waals surface area contributed by atoms with Gasteiger partial charge >= 0.3 is 5.97 Å². The van der Waals surface area contributed by atoms with Gasteiger partial charge in [0.25, 0.3) is 0 Å². The van der Waals surface area contributed by atoms with Crippen LogP contribution < -0.4 is 0 Å². The van der Waals surface area contributed by atoms with Crippen molar-refractivity contribution < 1.29 is 13.9 Å². The number of thiophene rings is 1. The molecule has 1 aromatic heterocycles. The third-order valence-corrected chi connectivity index (χ3v) is 2.01. The Hall–Kier alpha value is -1.16. The van der Waals surface area contributed by atoms with E-state index in [4.69, 9.17) is 0 Å². The summed E-state index contributed by atoms with van der Waals surface area (Å²) in [7, 11) is 1.14. The van der Waals surface area contributed by atoms with Crippen molar-refractivity contribution in [2.75, 3.05) is 7.11 Å². The maximum absolute atomic E-state index is 12.8. The Morgan fingerprint density at radius 3 is 3.00 bits per heavy atom. The molecule has 0 atom stereocenters. The fourth-order valence-corrected chi connectivity index (χ4v) is 1.30. The van der Waals surface area contributed by atoms with Crippen LogP contribution >= 0.6 is 11.3 Å². The zero-order valence-corrected chi connectivity index (χ0v) is 7.23. The first-order valence-corrected chi connectivity index (χ1v) is 4.11. The normalized spacial score (nSPS) is 11.3. The lowest BCUT2D eigenvalue weighted by molar-refractivity contribution is -0.137. The predicted molar refractivity (Wildman–Crippen MR) is 45.4 cm³/mol. The van der Waals surface area contributed by atoms with Gasteiger partial charge in [0.1, 0.15) is 0 Å². The van der Waals surface area contributed by atoms with Crippen molar-refractivity contribution in [1.29, 1.82) is 0 Å². The van der Waals surface area contributed by atoms with E-state index in [2.05, 4.69) is 4.74 Å². The molecule has 0 aliphatic rings. The van der Waals surface area contributed by atoms with Gasteiger partial charge in [-0.1, -0.05) is 6.07 Å². The zero-order valence-electron chi connectivity index (χ0n) is 6.41. The molecule has 0 aromatic carbocycles.